The number of nitrogens with two attached hydrogens (primary N) is 1. The third-order valence-corrected chi connectivity index (χ3v) is 2.15. The van der Waals surface area contributed by atoms with Gasteiger partial charge in [0.15, 0.2) is 0 Å². The van der Waals surface area contributed by atoms with Crippen molar-refractivity contribution in [3.63, 3.8) is 0 Å². The summed E-state index contributed by atoms with van der Waals surface area (Å²) in [7, 11) is 5.40. The highest BCUT2D eigenvalue weighted by atomic mass is 35.5. The Bertz CT molecular complexity index is 254. The molecule has 0 aliphatic carbocycles. The zero-order valence-electron chi connectivity index (χ0n) is 11.7. The topological polar surface area (TPSA) is 103 Å². The summed E-state index contributed by atoms with van der Waals surface area (Å²) in [6.07, 6.45) is 0.813. The van der Waals surface area contributed by atoms with E-state index in [0.29, 0.717) is 4.48 Å². The average molecular weight is 285 g/mol. The van der Waals surface area contributed by atoms with Crippen LogP contribution in [-0.2, 0) is 9.59 Å². The first-order valence-electron chi connectivity index (χ1n) is 5.50. The maximum atomic E-state index is 10.2. The number of rotatable bonds is 5. The Kier molecular flexibility index (Phi) is 12.5. The number of quaternary nitrogens is 1. The molecule has 0 aromatic rings. The van der Waals surface area contributed by atoms with Gasteiger partial charge in [0.25, 0.3) is 0 Å². The molecule has 2 atom stereocenters. The Labute approximate surface area is 115 Å². The third-order valence-electron chi connectivity index (χ3n) is 2.15. The number of hydrogen-bond acceptors (Lipinski definition) is 4. The molecule has 3 N–H and O–H groups in total. The number of carbonyl (C=O) groups is 2. The van der Waals surface area contributed by atoms with Crippen LogP contribution in [0, 0.1) is 5.92 Å². The molecule has 2 unspecified atom stereocenters. The number of hydrogen-bond donors (Lipinski definition) is 2. The highest BCUT2D eigenvalue weighted by Crippen LogP contribution is 2.04. The largest absolute Gasteiger partial charge is 0.544 e. The first kappa shape index (κ1) is 22.3. The predicted molar refractivity (Wildman–Crippen MR) is 70.2 cm³/mol. The monoisotopic (exact) mass is 284 g/mol. The highest BCUT2D eigenvalue weighted by molar-refractivity contribution is 5.85. The molecule has 0 rings (SSSR count). The zero-order valence-corrected chi connectivity index (χ0v) is 12.5. The number of carboxylic acid groups (broad SMARTS) is 2. The van der Waals surface area contributed by atoms with Crippen molar-refractivity contribution in [1.29, 1.82) is 0 Å². The SMILES string of the molecule is CCC(C)C(N)C(=O)O.C[N+](C)(C)CC(=O)[O-].Cl. The van der Waals surface area contributed by atoms with Crippen LogP contribution in [0.4, 0.5) is 0 Å². The van der Waals surface area contributed by atoms with Crippen molar-refractivity contribution in [2.75, 3.05) is 27.7 Å². The molecule has 0 aromatic carbocycles. The van der Waals surface area contributed by atoms with Gasteiger partial charge in [-0.05, 0) is 5.92 Å². The van der Waals surface area contributed by atoms with E-state index in [9.17, 15) is 14.7 Å². The Hall–Kier alpha value is -0.850. The lowest BCUT2D eigenvalue weighted by Gasteiger charge is -2.23. The minimum atomic E-state index is -1.00. The molecule has 0 saturated carbocycles. The van der Waals surface area contributed by atoms with Gasteiger partial charge in [-0.25, -0.2) is 0 Å². The average Bonchev–Trinajstić information content (AvgIpc) is 2.12. The molecule has 0 saturated heterocycles. The molecule has 6 nitrogen and oxygen atoms in total. The summed E-state index contributed by atoms with van der Waals surface area (Å²) in [6, 6.07) is -0.699. The Morgan fingerprint density at radius 2 is 1.72 bits per heavy atom. The normalized spacial score (nSPS) is 13.4. The molecule has 110 valence electrons. The van der Waals surface area contributed by atoms with Crippen molar-refractivity contribution in [3.8, 4) is 0 Å². The second-order valence-corrected chi connectivity index (χ2v) is 5.07. The van der Waals surface area contributed by atoms with Crippen molar-refractivity contribution in [1.82, 2.24) is 0 Å². The van der Waals surface area contributed by atoms with Gasteiger partial charge in [-0.2, -0.15) is 0 Å². The molecule has 0 heterocycles. The third kappa shape index (κ3) is 15.1. The second-order valence-electron chi connectivity index (χ2n) is 5.07. The van der Waals surface area contributed by atoms with Crippen LogP contribution >= 0.6 is 12.4 Å². The fraction of sp³-hybridized carbons (Fsp3) is 0.818. The van der Waals surface area contributed by atoms with Crippen molar-refractivity contribution >= 4 is 24.3 Å². The highest BCUT2D eigenvalue weighted by Gasteiger charge is 2.17. The van der Waals surface area contributed by atoms with Crippen molar-refractivity contribution in [3.05, 3.63) is 0 Å². The van der Waals surface area contributed by atoms with Crippen LogP contribution in [0.2, 0.25) is 0 Å². The minimum Gasteiger partial charge on any atom is -0.544 e. The Balaban J connectivity index is -0.000000238. The van der Waals surface area contributed by atoms with Crippen LogP contribution in [0.5, 0.6) is 0 Å². The number of carboxylic acids is 2. The quantitative estimate of drug-likeness (QED) is 0.650. The Morgan fingerprint density at radius 3 is 1.78 bits per heavy atom. The first-order valence-corrected chi connectivity index (χ1v) is 5.50. The second kappa shape index (κ2) is 10.1. The van der Waals surface area contributed by atoms with Crippen molar-refractivity contribution < 1.29 is 24.3 Å². The van der Waals surface area contributed by atoms with E-state index in [1.54, 1.807) is 21.1 Å². The van der Waals surface area contributed by atoms with Crippen LogP contribution < -0.4 is 10.8 Å². The maximum absolute atomic E-state index is 10.2. The summed E-state index contributed by atoms with van der Waals surface area (Å²) in [4.78, 5) is 20.1. The lowest BCUT2D eigenvalue weighted by atomic mass is 10.0. The van der Waals surface area contributed by atoms with Crippen molar-refractivity contribution in [2.24, 2.45) is 11.7 Å². The molecule has 0 amide bonds. The molecule has 0 spiro atoms. The fourth-order valence-corrected chi connectivity index (χ4v) is 0.885. The zero-order chi connectivity index (χ0) is 14.2. The molecule has 0 bridgehead atoms. The molecular formula is C11H25ClN2O4. The molecular weight excluding hydrogens is 260 g/mol. The van der Waals surface area contributed by atoms with Gasteiger partial charge >= 0.3 is 5.97 Å². The number of likely N-dealkylation sites (N-methyl/N-ethyl adjacent to an activating group) is 1. The first-order chi connectivity index (χ1) is 7.51. The van der Waals surface area contributed by atoms with E-state index in [4.69, 9.17) is 10.8 Å². The van der Waals surface area contributed by atoms with Crippen LogP contribution in [-0.4, -0.2) is 55.3 Å². The molecule has 0 aliphatic rings. The number of carbonyl (C=O) groups excluding carboxylic acids is 1. The molecule has 0 fully saturated rings. The summed E-state index contributed by atoms with van der Waals surface area (Å²) in [6.45, 7) is 3.83. The van der Waals surface area contributed by atoms with E-state index in [-0.39, 0.29) is 24.9 Å². The summed E-state index contributed by atoms with van der Waals surface area (Å²) < 4.78 is 0.419. The summed E-state index contributed by atoms with van der Waals surface area (Å²) in [5.41, 5.74) is 5.27. The standard InChI is InChI=1S/C6H13NO2.C5H11NO2.ClH/c1-3-4(2)5(7)6(8)9;1-6(2,3)4-5(7)8;/h4-5H,3,7H2,1-2H3,(H,8,9);4H2,1-3H3;1H. The molecule has 0 aliphatic heterocycles. The molecule has 7 heteroatoms. The molecule has 0 aromatic heterocycles. The summed E-state index contributed by atoms with van der Waals surface area (Å²) in [5.74, 6) is -1.84. The minimum absolute atomic E-state index is 0. The van der Waals surface area contributed by atoms with Gasteiger partial charge in [-0.3, -0.25) is 4.79 Å². The number of aliphatic carboxylic acids is 2. The van der Waals surface area contributed by atoms with Crippen LogP contribution in [0.15, 0.2) is 0 Å². The fourth-order valence-electron chi connectivity index (χ4n) is 0.885. The number of nitrogens with zero attached hydrogens (tertiary/aromatic N) is 1. The van der Waals surface area contributed by atoms with Gasteiger partial charge in [0.1, 0.15) is 12.6 Å². The van der Waals surface area contributed by atoms with Crippen LogP contribution in [0.1, 0.15) is 20.3 Å². The maximum Gasteiger partial charge on any atom is 0.320 e. The van der Waals surface area contributed by atoms with Gasteiger partial charge in [0.2, 0.25) is 0 Å². The molecule has 0 radical (unpaired) electrons. The van der Waals surface area contributed by atoms with Crippen LogP contribution in [0.25, 0.3) is 0 Å². The van der Waals surface area contributed by atoms with Gasteiger partial charge < -0.3 is 25.2 Å². The predicted octanol–water partition coefficient (Wildman–Crippen LogP) is -0.691. The molecule has 18 heavy (non-hydrogen) atoms. The smallest absolute Gasteiger partial charge is 0.320 e. The lowest BCUT2D eigenvalue weighted by Crippen LogP contribution is -2.45. The van der Waals surface area contributed by atoms with E-state index in [0.717, 1.165) is 6.42 Å². The van der Waals surface area contributed by atoms with Gasteiger partial charge in [-0.15, -0.1) is 12.4 Å². The van der Waals surface area contributed by atoms with E-state index in [1.165, 1.54) is 0 Å². The Morgan fingerprint density at radius 1 is 1.33 bits per heavy atom. The van der Waals surface area contributed by atoms with Crippen molar-refractivity contribution in [2.45, 2.75) is 26.3 Å². The van der Waals surface area contributed by atoms with Gasteiger partial charge in [0, 0.05) is 0 Å². The summed E-state index contributed by atoms with van der Waals surface area (Å²) in [5, 5.41) is 18.2. The lowest BCUT2D eigenvalue weighted by molar-refractivity contribution is -0.864. The van der Waals surface area contributed by atoms with Gasteiger partial charge in [-0.1, -0.05) is 20.3 Å². The number of halogens is 1. The summed E-state index contributed by atoms with van der Waals surface area (Å²) >= 11 is 0. The van der Waals surface area contributed by atoms with E-state index in [1.807, 2.05) is 13.8 Å². The van der Waals surface area contributed by atoms with E-state index < -0.39 is 18.0 Å². The van der Waals surface area contributed by atoms with Crippen LogP contribution in [0.3, 0.4) is 0 Å². The van der Waals surface area contributed by atoms with E-state index >= 15 is 0 Å². The van der Waals surface area contributed by atoms with E-state index in [2.05, 4.69) is 0 Å². The van der Waals surface area contributed by atoms with Gasteiger partial charge in [0.05, 0.1) is 27.1 Å².